The first-order valence-electron chi connectivity index (χ1n) is 8.56. The molecule has 23 heavy (non-hydrogen) atoms. The Hall–Kier alpha value is -2.04. The van der Waals surface area contributed by atoms with E-state index in [1.165, 1.54) is 12.0 Å². The van der Waals surface area contributed by atoms with E-state index in [9.17, 15) is 9.59 Å². The molecule has 1 saturated heterocycles. The van der Waals surface area contributed by atoms with Gasteiger partial charge in [-0.25, -0.2) is 4.79 Å². The molecular weight excluding hydrogens is 290 g/mol. The molecule has 0 aromatic heterocycles. The van der Waals surface area contributed by atoms with E-state index in [0.717, 1.165) is 32.1 Å². The molecule has 1 aromatic rings. The fourth-order valence-electron chi connectivity index (χ4n) is 4.06. The molecule has 5 heteroatoms. The zero-order chi connectivity index (χ0) is 16.2. The number of primary amides is 1. The molecule has 3 atom stereocenters. The van der Waals surface area contributed by atoms with Crippen LogP contribution in [0.2, 0.25) is 0 Å². The second-order valence-corrected chi connectivity index (χ2v) is 6.64. The number of fused-ring (bicyclic) bond motifs is 1. The number of amides is 3. The largest absolute Gasteiger partial charge is 0.368 e. The highest BCUT2D eigenvalue weighted by Gasteiger charge is 2.46. The highest BCUT2D eigenvalue weighted by molar-refractivity contribution is 5.87. The average molecular weight is 315 g/mol. The van der Waals surface area contributed by atoms with Gasteiger partial charge in [0.15, 0.2) is 0 Å². The van der Waals surface area contributed by atoms with Crippen LogP contribution in [0.5, 0.6) is 0 Å². The van der Waals surface area contributed by atoms with Crippen LogP contribution in [0, 0.1) is 5.92 Å². The molecule has 124 valence electrons. The highest BCUT2D eigenvalue weighted by Crippen LogP contribution is 2.39. The molecule has 3 rings (SSSR count). The summed E-state index contributed by atoms with van der Waals surface area (Å²) >= 11 is 0. The van der Waals surface area contributed by atoms with Gasteiger partial charge in [0.05, 0.1) is 0 Å². The van der Waals surface area contributed by atoms with Crippen molar-refractivity contribution in [3.05, 3.63) is 35.9 Å². The molecule has 5 nitrogen and oxygen atoms in total. The van der Waals surface area contributed by atoms with Crippen molar-refractivity contribution in [3.8, 4) is 0 Å². The van der Waals surface area contributed by atoms with Crippen LogP contribution in [0.4, 0.5) is 4.79 Å². The molecule has 0 unspecified atom stereocenters. The van der Waals surface area contributed by atoms with Crippen LogP contribution in [-0.4, -0.2) is 35.5 Å². The lowest BCUT2D eigenvalue weighted by molar-refractivity contribution is -0.121. The summed E-state index contributed by atoms with van der Waals surface area (Å²) in [5.41, 5.74) is 6.73. The summed E-state index contributed by atoms with van der Waals surface area (Å²) in [5, 5.41) is 2.97. The highest BCUT2D eigenvalue weighted by atomic mass is 16.2. The summed E-state index contributed by atoms with van der Waals surface area (Å²) in [5.74, 6) is 0.0544. The van der Waals surface area contributed by atoms with E-state index in [1.807, 2.05) is 30.3 Å². The van der Waals surface area contributed by atoms with Crippen LogP contribution in [0.15, 0.2) is 30.3 Å². The van der Waals surface area contributed by atoms with Crippen LogP contribution in [-0.2, 0) is 11.2 Å². The molecule has 1 heterocycles. The second kappa shape index (κ2) is 7.02. The molecular formula is C18H25N3O2. The standard InChI is InChI=1S/C18H25N3O2/c19-17(22)16-12-14-8-4-5-9-15(14)21(16)18(23)20-11-10-13-6-2-1-3-7-13/h1-3,6-7,14-16H,4-5,8-12H2,(H2,19,22)(H,20,23)/t14-,15-,16-/m0/s1. The third kappa shape index (κ3) is 3.49. The lowest BCUT2D eigenvalue weighted by atomic mass is 9.85. The van der Waals surface area contributed by atoms with E-state index < -0.39 is 6.04 Å². The fourth-order valence-corrected chi connectivity index (χ4v) is 4.06. The SMILES string of the molecule is NC(=O)[C@@H]1C[C@@H]2CCCC[C@@H]2N1C(=O)NCCc1ccccc1. The smallest absolute Gasteiger partial charge is 0.318 e. The number of hydrogen-bond donors (Lipinski definition) is 2. The zero-order valence-corrected chi connectivity index (χ0v) is 13.4. The molecule has 1 aliphatic heterocycles. The van der Waals surface area contributed by atoms with Gasteiger partial charge >= 0.3 is 6.03 Å². The number of rotatable bonds is 4. The lowest BCUT2D eigenvalue weighted by Gasteiger charge is -2.33. The molecule has 3 amide bonds. The Morgan fingerprint density at radius 1 is 1.17 bits per heavy atom. The van der Waals surface area contributed by atoms with Crippen molar-refractivity contribution in [1.82, 2.24) is 10.2 Å². The van der Waals surface area contributed by atoms with E-state index in [0.29, 0.717) is 12.5 Å². The first-order chi connectivity index (χ1) is 11.2. The van der Waals surface area contributed by atoms with Crippen LogP contribution in [0.3, 0.4) is 0 Å². The van der Waals surface area contributed by atoms with Crippen LogP contribution in [0.25, 0.3) is 0 Å². The van der Waals surface area contributed by atoms with Gasteiger partial charge in [-0.15, -0.1) is 0 Å². The molecule has 0 radical (unpaired) electrons. The lowest BCUT2D eigenvalue weighted by Crippen LogP contribution is -2.52. The number of hydrogen-bond acceptors (Lipinski definition) is 2. The van der Waals surface area contributed by atoms with Gasteiger partial charge in [0.2, 0.25) is 5.91 Å². The van der Waals surface area contributed by atoms with Crippen LogP contribution >= 0.6 is 0 Å². The summed E-state index contributed by atoms with van der Waals surface area (Å²) in [6, 6.07) is 9.65. The Morgan fingerprint density at radius 3 is 2.65 bits per heavy atom. The van der Waals surface area contributed by atoms with E-state index in [1.54, 1.807) is 4.90 Å². The van der Waals surface area contributed by atoms with Gasteiger partial charge in [-0.2, -0.15) is 0 Å². The fraction of sp³-hybridized carbons (Fsp3) is 0.556. The van der Waals surface area contributed by atoms with E-state index in [4.69, 9.17) is 5.73 Å². The van der Waals surface area contributed by atoms with E-state index >= 15 is 0 Å². The van der Waals surface area contributed by atoms with Crippen molar-refractivity contribution in [2.45, 2.75) is 50.6 Å². The summed E-state index contributed by atoms with van der Waals surface area (Å²) < 4.78 is 0. The molecule has 0 spiro atoms. The number of benzene rings is 1. The van der Waals surface area contributed by atoms with Gasteiger partial charge < -0.3 is 16.0 Å². The molecule has 2 aliphatic rings. The van der Waals surface area contributed by atoms with Crippen LogP contribution in [0.1, 0.15) is 37.7 Å². The predicted molar refractivity (Wildman–Crippen MR) is 88.7 cm³/mol. The molecule has 3 N–H and O–H groups in total. The van der Waals surface area contributed by atoms with E-state index in [-0.39, 0.29) is 18.0 Å². The third-order valence-electron chi connectivity index (χ3n) is 5.18. The van der Waals surface area contributed by atoms with E-state index in [2.05, 4.69) is 5.32 Å². The minimum atomic E-state index is -0.445. The van der Waals surface area contributed by atoms with Gasteiger partial charge in [-0.1, -0.05) is 43.2 Å². The summed E-state index contributed by atoms with van der Waals surface area (Å²) in [4.78, 5) is 26.1. The number of nitrogens with zero attached hydrogens (tertiary/aromatic N) is 1. The van der Waals surface area contributed by atoms with Gasteiger partial charge in [-0.05, 0) is 37.2 Å². The van der Waals surface area contributed by atoms with Crippen LogP contribution < -0.4 is 11.1 Å². The maximum atomic E-state index is 12.6. The summed E-state index contributed by atoms with van der Waals surface area (Å²) in [6.07, 6.45) is 5.92. The van der Waals surface area contributed by atoms with Crippen molar-refractivity contribution in [2.75, 3.05) is 6.54 Å². The van der Waals surface area contributed by atoms with Gasteiger partial charge in [0.1, 0.15) is 6.04 Å². The number of carbonyl (C=O) groups is 2. The first kappa shape index (κ1) is 15.8. The zero-order valence-electron chi connectivity index (χ0n) is 13.4. The molecule has 1 aromatic carbocycles. The number of nitrogens with one attached hydrogen (secondary N) is 1. The normalized spacial score (nSPS) is 26.6. The Morgan fingerprint density at radius 2 is 1.91 bits per heavy atom. The monoisotopic (exact) mass is 315 g/mol. The van der Waals surface area contributed by atoms with Crippen molar-refractivity contribution >= 4 is 11.9 Å². The predicted octanol–water partition coefficient (Wildman–Crippen LogP) is 2.06. The number of nitrogens with two attached hydrogens (primary N) is 1. The number of likely N-dealkylation sites (tertiary alicyclic amines) is 1. The molecule has 0 bridgehead atoms. The molecule has 1 aliphatic carbocycles. The summed E-state index contributed by atoms with van der Waals surface area (Å²) in [6.45, 7) is 0.572. The summed E-state index contributed by atoms with van der Waals surface area (Å²) in [7, 11) is 0. The number of urea groups is 1. The Bertz CT molecular complexity index is 561. The molecule has 1 saturated carbocycles. The van der Waals surface area contributed by atoms with Gasteiger partial charge in [0.25, 0.3) is 0 Å². The Kier molecular flexibility index (Phi) is 4.84. The minimum Gasteiger partial charge on any atom is -0.368 e. The second-order valence-electron chi connectivity index (χ2n) is 6.64. The van der Waals surface area contributed by atoms with Crippen molar-refractivity contribution in [3.63, 3.8) is 0 Å². The van der Waals surface area contributed by atoms with Gasteiger partial charge in [0, 0.05) is 12.6 Å². The minimum absolute atomic E-state index is 0.140. The quantitative estimate of drug-likeness (QED) is 0.892. The first-order valence-corrected chi connectivity index (χ1v) is 8.56. The van der Waals surface area contributed by atoms with Crippen molar-refractivity contribution in [2.24, 2.45) is 11.7 Å². The third-order valence-corrected chi connectivity index (χ3v) is 5.18. The maximum Gasteiger partial charge on any atom is 0.318 e. The maximum absolute atomic E-state index is 12.6. The Balaban J connectivity index is 1.60. The topological polar surface area (TPSA) is 75.4 Å². The van der Waals surface area contributed by atoms with Gasteiger partial charge in [-0.3, -0.25) is 4.79 Å². The van der Waals surface area contributed by atoms with Crippen molar-refractivity contribution < 1.29 is 9.59 Å². The molecule has 2 fully saturated rings. The number of carbonyl (C=O) groups excluding carboxylic acids is 2. The average Bonchev–Trinajstić information content (AvgIpc) is 2.95. The van der Waals surface area contributed by atoms with Crippen molar-refractivity contribution in [1.29, 1.82) is 0 Å². The Labute approximate surface area is 137 Å².